The Balaban J connectivity index is 1.52. The van der Waals surface area contributed by atoms with Gasteiger partial charge in [0.05, 0.1) is 16.6 Å². The van der Waals surface area contributed by atoms with Gasteiger partial charge in [-0.05, 0) is 35.2 Å². The van der Waals surface area contributed by atoms with Crippen LogP contribution in [0.5, 0.6) is 0 Å². The highest BCUT2D eigenvalue weighted by atomic mass is 32.1. The monoisotopic (exact) mass is 339 g/mol. The second kappa shape index (κ2) is 7.84. The highest BCUT2D eigenvalue weighted by Crippen LogP contribution is 2.22. The highest BCUT2D eigenvalue weighted by Gasteiger charge is 2.20. The maximum absolute atomic E-state index is 8.85. The summed E-state index contributed by atoms with van der Waals surface area (Å²) in [4.78, 5) is 9.14. The topological polar surface area (TPSA) is 54.7 Å². The number of rotatable bonds is 3. The Morgan fingerprint density at radius 3 is 2.54 bits per heavy atom. The molecule has 24 heavy (non-hydrogen) atoms. The Kier molecular flexibility index (Phi) is 5.34. The molecule has 0 amide bonds. The average Bonchev–Trinajstić information content (AvgIpc) is 3.18. The number of benzene rings is 1. The Morgan fingerprint density at radius 1 is 1.21 bits per heavy atom. The average molecular weight is 339 g/mol. The van der Waals surface area contributed by atoms with Crippen LogP contribution < -0.4 is 10.2 Å². The summed E-state index contributed by atoms with van der Waals surface area (Å²) in [6, 6.07) is 14.1. The maximum Gasteiger partial charge on any atom is 0.194 e. The zero-order valence-electron chi connectivity index (χ0n) is 13.8. The number of hydrogen-bond acceptors (Lipinski definition) is 4. The minimum absolute atomic E-state index is 0.688. The molecule has 0 radical (unpaired) electrons. The van der Waals surface area contributed by atoms with E-state index in [0.717, 1.165) is 37.7 Å². The van der Waals surface area contributed by atoms with Crippen LogP contribution >= 0.6 is 11.3 Å². The summed E-state index contributed by atoms with van der Waals surface area (Å²) in [7, 11) is 1.83. The molecule has 124 valence electrons. The minimum Gasteiger partial charge on any atom is -0.360 e. The van der Waals surface area contributed by atoms with Gasteiger partial charge < -0.3 is 15.1 Å². The quantitative estimate of drug-likeness (QED) is 0.690. The summed E-state index contributed by atoms with van der Waals surface area (Å²) >= 11 is 1.79. The third-order valence-electron chi connectivity index (χ3n) is 4.14. The molecular weight excluding hydrogens is 318 g/mol. The van der Waals surface area contributed by atoms with Gasteiger partial charge in [-0.2, -0.15) is 5.26 Å². The number of piperazine rings is 1. The molecule has 6 heteroatoms. The van der Waals surface area contributed by atoms with Gasteiger partial charge in [-0.25, -0.2) is 0 Å². The van der Waals surface area contributed by atoms with Crippen LogP contribution in [0.25, 0.3) is 0 Å². The SMILES string of the molecule is CN=C(NCc1ccc(C#N)cc1)N1CCN(c2cccs2)CC1. The lowest BCUT2D eigenvalue weighted by molar-refractivity contribution is 0.373. The Labute approximate surface area is 146 Å². The van der Waals surface area contributed by atoms with Crippen molar-refractivity contribution >= 4 is 22.3 Å². The van der Waals surface area contributed by atoms with Gasteiger partial charge in [0, 0.05) is 39.8 Å². The first-order valence-electron chi connectivity index (χ1n) is 8.03. The van der Waals surface area contributed by atoms with Crippen molar-refractivity contribution in [1.29, 1.82) is 5.26 Å². The van der Waals surface area contributed by atoms with E-state index in [9.17, 15) is 0 Å². The van der Waals surface area contributed by atoms with E-state index in [2.05, 4.69) is 43.7 Å². The van der Waals surface area contributed by atoms with Crippen molar-refractivity contribution in [2.24, 2.45) is 4.99 Å². The van der Waals surface area contributed by atoms with Gasteiger partial charge in [-0.15, -0.1) is 11.3 Å². The van der Waals surface area contributed by atoms with Crippen LogP contribution in [-0.4, -0.2) is 44.1 Å². The van der Waals surface area contributed by atoms with E-state index in [1.54, 1.807) is 11.3 Å². The summed E-state index contributed by atoms with van der Waals surface area (Å²) in [6.07, 6.45) is 0. The van der Waals surface area contributed by atoms with Crippen molar-refractivity contribution in [2.45, 2.75) is 6.54 Å². The molecule has 0 bridgehead atoms. The van der Waals surface area contributed by atoms with Crippen molar-refractivity contribution in [1.82, 2.24) is 10.2 Å². The first-order chi connectivity index (χ1) is 11.8. The van der Waals surface area contributed by atoms with E-state index in [4.69, 9.17) is 5.26 Å². The number of nitrogens with zero attached hydrogens (tertiary/aromatic N) is 4. The normalized spacial score (nSPS) is 15.2. The molecule has 1 aromatic carbocycles. The number of thiophene rings is 1. The second-order valence-electron chi connectivity index (χ2n) is 5.63. The highest BCUT2D eigenvalue weighted by molar-refractivity contribution is 7.14. The van der Waals surface area contributed by atoms with Crippen molar-refractivity contribution < 1.29 is 0 Å². The zero-order valence-corrected chi connectivity index (χ0v) is 14.6. The molecule has 2 aromatic rings. The largest absolute Gasteiger partial charge is 0.360 e. The third-order valence-corrected chi connectivity index (χ3v) is 5.07. The molecule has 2 heterocycles. The number of guanidine groups is 1. The van der Waals surface area contributed by atoms with E-state index < -0.39 is 0 Å². The predicted octanol–water partition coefficient (Wildman–Crippen LogP) is 2.52. The number of nitriles is 1. The first-order valence-corrected chi connectivity index (χ1v) is 8.91. The second-order valence-corrected chi connectivity index (χ2v) is 6.56. The van der Waals surface area contributed by atoms with Crippen LogP contribution in [-0.2, 0) is 6.54 Å². The molecule has 1 aromatic heterocycles. The summed E-state index contributed by atoms with van der Waals surface area (Å²) in [5, 5.41) is 15.7. The number of aliphatic imine (C=N–C) groups is 1. The Morgan fingerprint density at radius 2 is 1.96 bits per heavy atom. The van der Waals surface area contributed by atoms with Gasteiger partial charge in [0.25, 0.3) is 0 Å². The van der Waals surface area contributed by atoms with Gasteiger partial charge in [0.2, 0.25) is 0 Å². The van der Waals surface area contributed by atoms with E-state index >= 15 is 0 Å². The van der Waals surface area contributed by atoms with Crippen LogP contribution in [0.3, 0.4) is 0 Å². The number of nitrogens with one attached hydrogen (secondary N) is 1. The molecular formula is C18H21N5S. The molecule has 0 saturated carbocycles. The van der Waals surface area contributed by atoms with Crippen LogP contribution in [0, 0.1) is 11.3 Å². The van der Waals surface area contributed by atoms with Crippen LogP contribution in [0.1, 0.15) is 11.1 Å². The van der Waals surface area contributed by atoms with Crippen LogP contribution in [0.4, 0.5) is 5.00 Å². The van der Waals surface area contributed by atoms with Gasteiger partial charge >= 0.3 is 0 Å². The van der Waals surface area contributed by atoms with Crippen molar-refractivity contribution in [3.8, 4) is 6.07 Å². The molecule has 0 unspecified atom stereocenters. The van der Waals surface area contributed by atoms with Gasteiger partial charge in [-0.3, -0.25) is 4.99 Å². The summed E-state index contributed by atoms with van der Waals surface area (Å²) in [5.74, 6) is 0.935. The number of hydrogen-bond donors (Lipinski definition) is 1. The van der Waals surface area contributed by atoms with Crippen molar-refractivity contribution in [3.05, 3.63) is 52.9 Å². The number of anilines is 1. The predicted molar refractivity (Wildman–Crippen MR) is 99.5 cm³/mol. The first kappa shape index (κ1) is 16.3. The maximum atomic E-state index is 8.85. The van der Waals surface area contributed by atoms with Gasteiger partial charge in [0.15, 0.2) is 5.96 Å². The molecule has 5 nitrogen and oxygen atoms in total. The molecule has 1 saturated heterocycles. The van der Waals surface area contributed by atoms with E-state index in [1.807, 2.05) is 31.3 Å². The minimum atomic E-state index is 0.688. The fourth-order valence-corrected chi connectivity index (χ4v) is 3.58. The molecule has 1 fully saturated rings. The fraction of sp³-hybridized carbons (Fsp3) is 0.333. The smallest absolute Gasteiger partial charge is 0.194 e. The zero-order chi connectivity index (χ0) is 16.8. The van der Waals surface area contributed by atoms with Gasteiger partial charge in [0.1, 0.15) is 0 Å². The Hall–Kier alpha value is -2.52. The molecule has 1 N–H and O–H groups in total. The summed E-state index contributed by atoms with van der Waals surface area (Å²) in [5.41, 5.74) is 1.83. The van der Waals surface area contributed by atoms with E-state index in [-0.39, 0.29) is 0 Å². The fourth-order valence-electron chi connectivity index (χ4n) is 2.80. The van der Waals surface area contributed by atoms with Crippen molar-refractivity contribution in [2.75, 3.05) is 38.1 Å². The lowest BCUT2D eigenvalue weighted by Crippen LogP contribution is -2.52. The summed E-state index contributed by atoms with van der Waals surface area (Å²) in [6.45, 7) is 4.66. The van der Waals surface area contributed by atoms with Crippen LogP contribution in [0.15, 0.2) is 46.8 Å². The Bertz CT molecular complexity index is 707. The molecule has 0 spiro atoms. The van der Waals surface area contributed by atoms with E-state index in [1.165, 1.54) is 5.00 Å². The third kappa shape index (κ3) is 3.87. The molecule has 1 aliphatic rings. The molecule has 0 aliphatic carbocycles. The van der Waals surface area contributed by atoms with Crippen LogP contribution in [0.2, 0.25) is 0 Å². The molecule has 1 aliphatic heterocycles. The standard InChI is InChI=1S/C18H21N5S/c1-20-18(21-14-16-6-4-15(13-19)5-7-16)23-10-8-22(9-11-23)17-3-2-12-24-17/h2-7,12H,8-11,14H2,1H3,(H,20,21). The molecule has 0 atom stereocenters. The van der Waals surface area contributed by atoms with Gasteiger partial charge in [-0.1, -0.05) is 12.1 Å². The molecule has 3 rings (SSSR count). The lowest BCUT2D eigenvalue weighted by atomic mass is 10.1. The van der Waals surface area contributed by atoms with E-state index in [0.29, 0.717) is 12.1 Å². The summed E-state index contributed by atoms with van der Waals surface area (Å²) < 4.78 is 0. The van der Waals surface area contributed by atoms with Crippen molar-refractivity contribution in [3.63, 3.8) is 0 Å². The lowest BCUT2D eigenvalue weighted by Gasteiger charge is -2.37.